The van der Waals surface area contributed by atoms with Crippen molar-refractivity contribution in [2.75, 3.05) is 24.8 Å². The van der Waals surface area contributed by atoms with E-state index in [1.54, 1.807) is 29.2 Å². The highest BCUT2D eigenvalue weighted by molar-refractivity contribution is 6.52. The van der Waals surface area contributed by atoms with E-state index in [0.29, 0.717) is 55.2 Å². The van der Waals surface area contributed by atoms with E-state index in [0.717, 1.165) is 18.4 Å². The molecule has 6 nitrogen and oxygen atoms in total. The third kappa shape index (κ3) is 3.01. The third-order valence-electron chi connectivity index (χ3n) is 5.50. The fourth-order valence-corrected chi connectivity index (χ4v) is 3.88. The number of nitrogens with one attached hydrogen (secondary N) is 1. The maximum absolute atomic E-state index is 13.2. The van der Waals surface area contributed by atoms with Crippen LogP contribution in [-0.2, 0) is 11.3 Å². The van der Waals surface area contributed by atoms with Crippen LogP contribution in [0.4, 0.5) is 10.1 Å². The summed E-state index contributed by atoms with van der Waals surface area (Å²) in [6.07, 6.45) is 2.17. The van der Waals surface area contributed by atoms with E-state index in [1.165, 1.54) is 17.0 Å². The number of amides is 1. The maximum Gasteiger partial charge on any atom is 0.303 e. The predicted octanol–water partition coefficient (Wildman–Crippen LogP) is 1.33. The van der Waals surface area contributed by atoms with Gasteiger partial charge in [0.2, 0.25) is 0 Å². The van der Waals surface area contributed by atoms with Gasteiger partial charge in [0.05, 0.1) is 17.3 Å². The van der Waals surface area contributed by atoms with E-state index in [-0.39, 0.29) is 5.82 Å². The molecule has 2 aliphatic heterocycles. The van der Waals surface area contributed by atoms with E-state index < -0.39 is 11.7 Å². The second kappa shape index (κ2) is 6.60. The number of carbonyl (C=O) groups excluding carboxylic acids is 2. The van der Waals surface area contributed by atoms with Gasteiger partial charge in [-0.25, -0.2) is 4.39 Å². The minimum Gasteiger partial charge on any atom is -0.486 e. The van der Waals surface area contributed by atoms with Crippen LogP contribution in [0.3, 0.4) is 0 Å². The van der Waals surface area contributed by atoms with Crippen LogP contribution in [0.1, 0.15) is 28.8 Å². The molecule has 1 atom stereocenters. The van der Waals surface area contributed by atoms with Crippen molar-refractivity contribution in [1.29, 1.82) is 0 Å². The molecular weight excluding hydrogens is 363 g/mol. The van der Waals surface area contributed by atoms with E-state index in [4.69, 9.17) is 9.47 Å². The molecule has 0 bridgehead atoms. The second-order valence-electron chi connectivity index (χ2n) is 7.47. The third-order valence-corrected chi connectivity index (χ3v) is 5.50. The fraction of sp³-hybridized carbons (Fsp3) is 0.333. The van der Waals surface area contributed by atoms with Crippen molar-refractivity contribution >= 4 is 17.4 Å². The van der Waals surface area contributed by atoms with Crippen molar-refractivity contribution in [2.24, 2.45) is 0 Å². The number of hydrogen-bond acceptors (Lipinski definition) is 4. The number of halogens is 1. The van der Waals surface area contributed by atoms with Crippen LogP contribution in [0.15, 0.2) is 36.4 Å². The van der Waals surface area contributed by atoms with E-state index in [9.17, 15) is 14.0 Å². The van der Waals surface area contributed by atoms with Crippen LogP contribution in [0.2, 0.25) is 0 Å². The van der Waals surface area contributed by atoms with Crippen LogP contribution in [-0.4, -0.2) is 37.6 Å². The summed E-state index contributed by atoms with van der Waals surface area (Å²) in [6, 6.07) is 10.2. The number of carbonyl (C=O) groups is 2. The Morgan fingerprint density at radius 1 is 1.04 bits per heavy atom. The topological polar surface area (TPSA) is 60.3 Å². The van der Waals surface area contributed by atoms with Gasteiger partial charge in [0, 0.05) is 24.5 Å². The summed E-state index contributed by atoms with van der Waals surface area (Å²) in [5.41, 5.74) is 1.95. The Hall–Kier alpha value is -2.93. The van der Waals surface area contributed by atoms with Crippen LogP contribution < -0.4 is 19.3 Å². The van der Waals surface area contributed by atoms with Gasteiger partial charge in [0.1, 0.15) is 25.6 Å². The molecule has 2 aromatic rings. The number of rotatable bonds is 5. The first-order chi connectivity index (χ1) is 13.6. The number of nitrogens with zero attached hydrogens (tertiary/aromatic N) is 1. The molecule has 144 valence electrons. The Morgan fingerprint density at radius 2 is 1.71 bits per heavy atom. The number of hydrogen-bond donors (Lipinski definition) is 1. The highest BCUT2D eigenvalue weighted by atomic mass is 19.1. The number of ketones is 1. The Bertz CT molecular complexity index is 956. The summed E-state index contributed by atoms with van der Waals surface area (Å²) >= 11 is 0. The molecule has 7 heteroatoms. The van der Waals surface area contributed by atoms with Gasteiger partial charge < -0.3 is 14.4 Å². The average molecular weight is 383 g/mol. The van der Waals surface area contributed by atoms with Crippen molar-refractivity contribution in [3.05, 3.63) is 53.3 Å². The first-order valence-corrected chi connectivity index (χ1v) is 9.49. The van der Waals surface area contributed by atoms with Gasteiger partial charge in [-0.15, -0.1) is 0 Å². The molecule has 0 radical (unpaired) electrons. The molecule has 3 aliphatic rings. The van der Waals surface area contributed by atoms with Crippen molar-refractivity contribution in [3.8, 4) is 11.5 Å². The zero-order chi connectivity index (χ0) is 19.3. The Kier molecular flexibility index (Phi) is 4.05. The molecule has 1 fully saturated rings. The second-order valence-corrected chi connectivity index (χ2v) is 7.47. The molecule has 2 heterocycles. The van der Waals surface area contributed by atoms with Crippen molar-refractivity contribution < 1.29 is 28.4 Å². The summed E-state index contributed by atoms with van der Waals surface area (Å²) < 4.78 is 24.4. The van der Waals surface area contributed by atoms with Crippen LogP contribution in [0.25, 0.3) is 0 Å². The zero-order valence-corrected chi connectivity index (χ0v) is 15.2. The summed E-state index contributed by atoms with van der Waals surface area (Å²) in [7, 11) is 0. The molecule has 1 saturated carbocycles. The Morgan fingerprint density at radius 3 is 2.39 bits per heavy atom. The first-order valence-electron chi connectivity index (χ1n) is 9.49. The van der Waals surface area contributed by atoms with Crippen molar-refractivity contribution in [2.45, 2.75) is 25.4 Å². The molecule has 0 aromatic heterocycles. The lowest BCUT2D eigenvalue weighted by molar-refractivity contribution is -0.923. The van der Waals surface area contributed by atoms with Crippen molar-refractivity contribution in [3.63, 3.8) is 0 Å². The smallest absolute Gasteiger partial charge is 0.303 e. The van der Waals surface area contributed by atoms with Crippen LogP contribution >= 0.6 is 0 Å². The standard InChI is InChI=1S/C21H19FN2O4/c22-14-3-1-13(2-4-14)11-23(15-5-6-15)12-24-17-10-19-18(27-7-8-28-19)9-16(17)20(25)21(24)26/h1-4,9-10,15H,5-8,11-12H2/p+1. The minimum absolute atomic E-state index is 0.266. The lowest BCUT2D eigenvalue weighted by Gasteiger charge is -2.26. The molecule has 1 unspecified atom stereocenters. The average Bonchev–Trinajstić information content (AvgIpc) is 3.53. The molecule has 5 rings (SSSR count). The largest absolute Gasteiger partial charge is 0.486 e. The molecule has 2 aromatic carbocycles. The van der Waals surface area contributed by atoms with Gasteiger partial charge >= 0.3 is 5.91 Å². The van der Waals surface area contributed by atoms with Gasteiger partial charge in [-0.1, -0.05) is 12.1 Å². The fourth-order valence-electron chi connectivity index (χ4n) is 3.88. The van der Waals surface area contributed by atoms with Gasteiger partial charge in [0.25, 0.3) is 5.78 Å². The Balaban J connectivity index is 1.43. The van der Waals surface area contributed by atoms with Crippen LogP contribution in [0.5, 0.6) is 11.5 Å². The number of anilines is 1. The van der Waals surface area contributed by atoms with E-state index in [2.05, 4.69) is 0 Å². The molecule has 28 heavy (non-hydrogen) atoms. The number of fused-ring (bicyclic) bond motifs is 2. The van der Waals surface area contributed by atoms with Gasteiger partial charge in [0.15, 0.2) is 18.2 Å². The van der Waals surface area contributed by atoms with Crippen molar-refractivity contribution in [1.82, 2.24) is 0 Å². The lowest BCUT2D eigenvalue weighted by atomic mass is 10.1. The molecule has 1 N–H and O–H groups in total. The quantitative estimate of drug-likeness (QED) is 0.792. The minimum atomic E-state index is -0.519. The van der Waals surface area contributed by atoms with Crippen LogP contribution in [0, 0.1) is 5.82 Å². The molecule has 1 aliphatic carbocycles. The maximum atomic E-state index is 13.2. The van der Waals surface area contributed by atoms with Gasteiger partial charge in [-0.2, -0.15) is 0 Å². The first kappa shape index (κ1) is 17.2. The normalized spacial score (nSPS) is 19.0. The van der Waals surface area contributed by atoms with Gasteiger partial charge in [-0.3, -0.25) is 14.5 Å². The number of quaternary nitrogens is 1. The SMILES string of the molecule is O=C1C(=O)N(C[NH+](Cc2ccc(F)cc2)C2CC2)c2cc3c(cc21)OCCO3. The van der Waals surface area contributed by atoms with E-state index >= 15 is 0 Å². The lowest BCUT2D eigenvalue weighted by Crippen LogP contribution is -3.13. The highest BCUT2D eigenvalue weighted by Crippen LogP contribution is 2.40. The molecular formula is C21H20FN2O4+. The number of Topliss-reactive ketones (excluding diaryl/α,β-unsaturated/α-hetero) is 1. The zero-order valence-electron chi connectivity index (χ0n) is 15.2. The summed E-state index contributed by atoms with van der Waals surface area (Å²) in [5.74, 6) is -0.230. The molecule has 0 spiro atoms. The summed E-state index contributed by atoms with van der Waals surface area (Å²) in [6.45, 7) is 1.93. The molecule has 1 amide bonds. The summed E-state index contributed by atoms with van der Waals surface area (Å²) in [5, 5.41) is 0. The predicted molar refractivity (Wildman–Crippen MR) is 98.2 cm³/mol. The Labute approximate surface area is 161 Å². The number of benzene rings is 2. The van der Waals surface area contributed by atoms with Gasteiger partial charge in [-0.05, 0) is 18.2 Å². The monoisotopic (exact) mass is 383 g/mol. The summed E-state index contributed by atoms with van der Waals surface area (Å²) in [4.78, 5) is 27.9. The number of ether oxygens (including phenoxy) is 2. The van der Waals surface area contributed by atoms with E-state index in [1.807, 2.05) is 0 Å². The highest BCUT2D eigenvalue weighted by Gasteiger charge is 2.42. The molecule has 0 saturated heterocycles.